The third-order valence-corrected chi connectivity index (χ3v) is 5.21. The van der Waals surface area contributed by atoms with Crippen molar-refractivity contribution in [2.24, 2.45) is 0 Å². The van der Waals surface area contributed by atoms with Gasteiger partial charge in [0.25, 0.3) is 5.91 Å². The minimum atomic E-state index is -0.324. The molecule has 0 fully saturated rings. The second-order valence-corrected chi connectivity index (χ2v) is 6.90. The van der Waals surface area contributed by atoms with Crippen molar-refractivity contribution in [1.82, 2.24) is 15.1 Å². The van der Waals surface area contributed by atoms with Gasteiger partial charge in [0.15, 0.2) is 11.5 Å². The standard InChI is InChI=1S/C22H22FN3O3/c1-28-20-11-10-14(12-21(20)29-2)22(27)25-17-7-5-9-18-15(17)13-24-26(18)19-8-4-3-6-16(19)23/h3-4,6,8,10-13,17H,5,7,9H2,1-2H3,(H,25,27)/t17-/m1/s1. The quantitative estimate of drug-likeness (QED) is 0.713. The Hall–Kier alpha value is -3.35. The summed E-state index contributed by atoms with van der Waals surface area (Å²) < 4.78 is 26.4. The molecule has 1 aliphatic rings. The number of amides is 1. The Kier molecular flexibility index (Phi) is 5.20. The highest BCUT2D eigenvalue weighted by Crippen LogP contribution is 2.32. The summed E-state index contributed by atoms with van der Waals surface area (Å²) in [4.78, 5) is 12.8. The third-order valence-electron chi connectivity index (χ3n) is 5.21. The van der Waals surface area contributed by atoms with Crippen LogP contribution in [0.5, 0.6) is 11.5 Å². The van der Waals surface area contributed by atoms with E-state index in [0.717, 1.165) is 30.5 Å². The molecule has 150 valence electrons. The van der Waals surface area contributed by atoms with Gasteiger partial charge in [-0.15, -0.1) is 0 Å². The Morgan fingerprint density at radius 3 is 2.72 bits per heavy atom. The first-order chi connectivity index (χ1) is 14.1. The smallest absolute Gasteiger partial charge is 0.251 e. The fraction of sp³-hybridized carbons (Fsp3) is 0.273. The lowest BCUT2D eigenvalue weighted by molar-refractivity contribution is 0.0932. The molecule has 0 radical (unpaired) electrons. The Morgan fingerprint density at radius 1 is 1.17 bits per heavy atom. The average Bonchev–Trinajstić information content (AvgIpc) is 3.18. The van der Waals surface area contributed by atoms with Gasteiger partial charge in [0, 0.05) is 16.8 Å². The fourth-order valence-electron chi connectivity index (χ4n) is 3.76. The number of carbonyl (C=O) groups is 1. The van der Waals surface area contributed by atoms with Crippen molar-refractivity contribution in [3.05, 3.63) is 71.3 Å². The molecule has 0 saturated carbocycles. The predicted octanol–water partition coefficient (Wildman–Crippen LogP) is 3.84. The Balaban J connectivity index is 1.60. The molecular formula is C22H22FN3O3. The van der Waals surface area contributed by atoms with Gasteiger partial charge in [-0.25, -0.2) is 9.07 Å². The second kappa shape index (κ2) is 7.95. The highest BCUT2D eigenvalue weighted by molar-refractivity contribution is 5.95. The summed E-state index contributed by atoms with van der Waals surface area (Å²) in [5, 5.41) is 7.48. The molecule has 29 heavy (non-hydrogen) atoms. The van der Waals surface area contributed by atoms with Crippen molar-refractivity contribution >= 4 is 5.91 Å². The van der Waals surface area contributed by atoms with E-state index in [9.17, 15) is 9.18 Å². The number of nitrogens with zero attached hydrogens (tertiary/aromatic N) is 2. The number of para-hydroxylation sites is 1. The molecule has 1 amide bonds. The van der Waals surface area contributed by atoms with Gasteiger partial charge in [-0.3, -0.25) is 4.79 Å². The highest BCUT2D eigenvalue weighted by atomic mass is 19.1. The minimum Gasteiger partial charge on any atom is -0.493 e. The number of aromatic nitrogens is 2. The van der Waals surface area contributed by atoms with Gasteiger partial charge in [-0.1, -0.05) is 12.1 Å². The number of ether oxygens (including phenoxy) is 2. The number of benzene rings is 2. The normalized spacial score (nSPS) is 15.5. The SMILES string of the molecule is COc1ccc(C(=O)N[C@@H]2CCCc3c2cnn3-c2ccccc2F)cc1OC. The molecule has 4 rings (SSSR count). The monoisotopic (exact) mass is 395 g/mol. The first-order valence-corrected chi connectivity index (χ1v) is 9.47. The van der Waals surface area contributed by atoms with Gasteiger partial charge < -0.3 is 14.8 Å². The number of hydrogen-bond acceptors (Lipinski definition) is 4. The number of halogens is 1. The molecule has 1 aliphatic carbocycles. The van der Waals surface area contributed by atoms with Crippen molar-refractivity contribution in [3.63, 3.8) is 0 Å². The lowest BCUT2D eigenvalue weighted by Crippen LogP contribution is -2.31. The minimum absolute atomic E-state index is 0.181. The Morgan fingerprint density at radius 2 is 1.97 bits per heavy atom. The van der Waals surface area contributed by atoms with Crippen molar-refractivity contribution in [2.75, 3.05) is 14.2 Å². The van der Waals surface area contributed by atoms with Crippen LogP contribution in [0.1, 0.15) is 40.5 Å². The number of carbonyl (C=O) groups excluding carboxylic acids is 1. The van der Waals surface area contributed by atoms with E-state index in [2.05, 4.69) is 10.4 Å². The van der Waals surface area contributed by atoms with E-state index in [1.165, 1.54) is 13.2 Å². The van der Waals surface area contributed by atoms with Crippen LogP contribution < -0.4 is 14.8 Å². The maximum absolute atomic E-state index is 14.2. The molecule has 0 unspecified atom stereocenters. The molecule has 7 heteroatoms. The molecule has 1 N–H and O–H groups in total. The molecular weight excluding hydrogens is 373 g/mol. The molecule has 3 aromatic rings. The Labute approximate surface area is 168 Å². The number of hydrogen-bond donors (Lipinski definition) is 1. The van der Waals surface area contributed by atoms with Crippen LogP contribution in [0.25, 0.3) is 5.69 Å². The van der Waals surface area contributed by atoms with E-state index in [4.69, 9.17) is 9.47 Å². The van der Waals surface area contributed by atoms with Crippen LogP contribution in [-0.4, -0.2) is 29.9 Å². The molecule has 6 nitrogen and oxygen atoms in total. The van der Waals surface area contributed by atoms with Gasteiger partial charge in [-0.2, -0.15) is 5.10 Å². The fourth-order valence-corrected chi connectivity index (χ4v) is 3.76. The highest BCUT2D eigenvalue weighted by Gasteiger charge is 2.27. The lowest BCUT2D eigenvalue weighted by Gasteiger charge is -2.24. The summed E-state index contributed by atoms with van der Waals surface area (Å²) in [5.41, 5.74) is 2.75. The summed E-state index contributed by atoms with van der Waals surface area (Å²) in [6, 6.07) is 11.4. The van der Waals surface area contributed by atoms with Crippen LogP contribution in [0.2, 0.25) is 0 Å². The molecule has 0 aliphatic heterocycles. The van der Waals surface area contributed by atoms with Gasteiger partial charge in [0.2, 0.25) is 0 Å². The lowest BCUT2D eigenvalue weighted by atomic mass is 9.92. The van der Waals surface area contributed by atoms with E-state index in [0.29, 0.717) is 22.7 Å². The van der Waals surface area contributed by atoms with Crippen molar-refractivity contribution < 1.29 is 18.7 Å². The largest absolute Gasteiger partial charge is 0.493 e. The van der Waals surface area contributed by atoms with Crippen LogP contribution in [0.4, 0.5) is 4.39 Å². The van der Waals surface area contributed by atoms with Gasteiger partial charge >= 0.3 is 0 Å². The zero-order valence-corrected chi connectivity index (χ0v) is 16.3. The zero-order valence-electron chi connectivity index (χ0n) is 16.3. The van der Waals surface area contributed by atoms with Crippen molar-refractivity contribution in [2.45, 2.75) is 25.3 Å². The van der Waals surface area contributed by atoms with E-state index >= 15 is 0 Å². The Bertz CT molecular complexity index is 1050. The number of rotatable bonds is 5. The van der Waals surface area contributed by atoms with E-state index in [1.54, 1.807) is 54.4 Å². The number of fused-ring (bicyclic) bond motifs is 1. The van der Waals surface area contributed by atoms with Crippen LogP contribution in [0.15, 0.2) is 48.7 Å². The van der Waals surface area contributed by atoms with E-state index in [1.807, 2.05) is 0 Å². The molecule has 0 saturated heterocycles. The second-order valence-electron chi connectivity index (χ2n) is 6.90. The molecule has 1 atom stereocenters. The summed E-state index contributed by atoms with van der Waals surface area (Å²) in [5.74, 6) is 0.532. The topological polar surface area (TPSA) is 65.4 Å². The zero-order chi connectivity index (χ0) is 20.4. The molecule has 1 heterocycles. The van der Waals surface area contributed by atoms with Crippen LogP contribution in [-0.2, 0) is 6.42 Å². The first kappa shape index (κ1) is 19.0. The number of methoxy groups -OCH3 is 2. The van der Waals surface area contributed by atoms with E-state index < -0.39 is 0 Å². The van der Waals surface area contributed by atoms with E-state index in [-0.39, 0.29) is 17.8 Å². The molecule has 2 aromatic carbocycles. The van der Waals surface area contributed by atoms with Crippen molar-refractivity contribution in [1.29, 1.82) is 0 Å². The number of nitrogens with one attached hydrogen (secondary N) is 1. The summed E-state index contributed by atoms with van der Waals surface area (Å²) >= 11 is 0. The predicted molar refractivity (Wildman–Crippen MR) is 106 cm³/mol. The summed E-state index contributed by atoms with van der Waals surface area (Å²) in [6.45, 7) is 0. The molecule has 1 aromatic heterocycles. The maximum atomic E-state index is 14.2. The molecule has 0 spiro atoms. The van der Waals surface area contributed by atoms with Crippen molar-refractivity contribution in [3.8, 4) is 17.2 Å². The van der Waals surface area contributed by atoms with Crippen LogP contribution >= 0.6 is 0 Å². The van der Waals surface area contributed by atoms with Gasteiger partial charge in [-0.05, 0) is 49.6 Å². The third kappa shape index (κ3) is 3.55. The van der Waals surface area contributed by atoms with Crippen LogP contribution in [0, 0.1) is 5.82 Å². The average molecular weight is 395 g/mol. The van der Waals surface area contributed by atoms with Crippen LogP contribution in [0.3, 0.4) is 0 Å². The van der Waals surface area contributed by atoms with Gasteiger partial charge in [0.05, 0.1) is 26.5 Å². The molecule has 0 bridgehead atoms. The maximum Gasteiger partial charge on any atom is 0.251 e. The summed E-state index contributed by atoms with van der Waals surface area (Å²) in [7, 11) is 3.08. The summed E-state index contributed by atoms with van der Waals surface area (Å²) in [6.07, 6.45) is 4.19. The first-order valence-electron chi connectivity index (χ1n) is 9.47. The van der Waals surface area contributed by atoms with Gasteiger partial charge in [0.1, 0.15) is 11.5 Å².